The van der Waals surface area contributed by atoms with E-state index in [2.05, 4.69) is 62.8 Å². The second kappa shape index (κ2) is 32.0. The molecule has 4 bridgehead atoms. The average Bonchev–Trinajstić information content (AvgIpc) is 0.942. The molecule has 4 amide bonds. The third-order valence-electron chi connectivity index (χ3n) is 23.1. The molecule has 2 saturated heterocycles. The van der Waals surface area contributed by atoms with Gasteiger partial charge in [-0.2, -0.15) is 23.3 Å². The number of amides is 4. The van der Waals surface area contributed by atoms with Crippen LogP contribution in [0.15, 0.2) is 72.8 Å². The summed E-state index contributed by atoms with van der Waals surface area (Å²) in [5, 5.41) is 57.7. The van der Waals surface area contributed by atoms with E-state index in [4.69, 9.17) is 19.1 Å². The molecule has 2 heterocycles. The number of Topliss-reactive ketones (excluding diaryl/α,β-unsaturated/α-hetero) is 1. The van der Waals surface area contributed by atoms with Gasteiger partial charge in [-0.3, -0.25) is 33.6 Å². The van der Waals surface area contributed by atoms with Crippen LogP contribution in [0.25, 0.3) is 22.3 Å². The van der Waals surface area contributed by atoms with Crippen molar-refractivity contribution in [1.82, 2.24) is 41.2 Å². The van der Waals surface area contributed by atoms with Gasteiger partial charge < -0.3 is 61.0 Å². The van der Waals surface area contributed by atoms with Gasteiger partial charge in [0.05, 0.1) is 58.3 Å². The number of fused-ring (bicyclic) bond motifs is 4. The van der Waals surface area contributed by atoms with E-state index in [0.717, 1.165) is 31.4 Å². The number of aliphatic hydroxyl groups is 4. The average molecular weight is 1400 g/mol. The molecule has 4 aromatic carbocycles. The van der Waals surface area contributed by atoms with Crippen molar-refractivity contribution in [2.75, 3.05) is 81.8 Å². The summed E-state index contributed by atoms with van der Waals surface area (Å²) in [5.74, 6) is 0.432. The molecule has 4 aromatic rings. The molecule has 8 N–H and O–H groups in total. The highest BCUT2D eigenvalue weighted by Crippen LogP contribution is 2.62. The van der Waals surface area contributed by atoms with Crippen molar-refractivity contribution in [2.24, 2.45) is 58.2 Å². The highest BCUT2D eigenvalue weighted by atomic mass is 19.4. The third kappa shape index (κ3) is 16.4. The lowest BCUT2D eigenvalue weighted by atomic mass is 9.45. The molecule has 24 heteroatoms. The SMILES string of the molecule is CCC(=O)c1cc(-c2cccc(CN3O[C@@H](CO)[C@H]([C@H](C)O)[C@H]3C(=O)N[C@H]3C[C@H]4C[C@@H]([C@@H]3C)C4(C)C)c2OC)cc(C(F)(F)F)c1.COc1c(CN2O[C@@H](CO)[C@H]([C@H](C)O)[C@H]2C(=O)N[C@H]2C[C@H]3C[C@@H]([C@@H]2C)C3(C)C)cccc1-c1cc(C(=O)NCCN(C)C)cc(C(=O)NCCN(C)C)c1. The number of benzene rings is 4. The zero-order valence-electron chi connectivity index (χ0n) is 60.7. The van der Waals surface area contributed by atoms with E-state index in [1.807, 2.05) is 56.2 Å². The van der Waals surface area contributed by atoms with E-state index >= 15 is 0 Å². The summed E-state index contributed by atoms with van der Waals surface area (Å²) in [7, 11) is 10.7. The molecule has 550 valence electrons. The summed E-state index contributed by atoms with van der Waals surface area (Å²) in [5.41, 5.74) is 3.10. The first-order valence-corrected chi connectivity index (χ1v) is 35.3. The minimum absolute atomic E-state index is 0.0125. The fourth-order valence-corrected chi connectivity index (χ4v) is 17.0. The zero-order chi connectivity index (χ0) is 73.2. The number of ether oxygens (including phenoxy) is 2. The number of hydrogen-bond acceptors (Lipinski definition) is 17. The molecule has 6 saturated carbocycles. The van der Waals surface area contributed by atoms with Gasteiger partial charge in [-0.15, -0.1) is 0 Å². The van der Waals surface area contributed by atoms with Crippen LogP contribution in [0.3, 0.4) is 0 Å². The first-order valence-electron chi connectivity index (χ1n) is 35.3. The lowest BCUT2D eigenvalue weighted by Crippen LogP contribution is -2.62. The summed E-state index contributed by atoms with van der Waals surface area (Å²) in [6.45, 7) is 19.8. The second-order valence-corrected chi connectivity index (χ2v) is 30.5. The van der Waals surface area contributed by atoms with Gasteiger partial charge in [0, 0.05) is 95.5 Å². The monoisotopic (exact) mass is 1400 g/mol. The van der Waals surface area contributed by atoms with Gasteiger partial charge in [-0.1, -0.05) is 84.9 Å². The first kappa shape index (κ1) is 77.6. The minimum atomic E-state index is -4.67. The Balaban J connectivity index is 0.000000236. The zero-order valence-corrected chi connectivity index (χ0v) is 60.7. The van der Waals surface area contributed by atoms with E-state index in [9.17, 15) is 57.6 Å². The Morgan fingerprint density at radius 3 is 1.36 bits per heavy atom. The molecule has 6 aliphatic carbocycles. The third-order valence-corrected chi connectivity index (χ3v) is 23.1. The molecule has 0 spiro atoms. The van der Waals surface area contributed by atoms with E-state index in [1.165, 1.54) is 24.7 Å². The summed E-state index contributed by atoms with van der Waals surface area (Å²) >= 11 is 0. The Morgan fingerprint density at radius 1 is 0.620 bits per heavy atom. The molecule has 0 unspecified atom stereocenters. The number of aliphatic hydroxyl groups excluding tert-OH is 4. The molecule has 0 radical (unpaired) electrons. The molecule has 8 fully saturated rings. The van der Waals surface area contributed by atoms with Crippen LogP contribution in [0, 0.1) is 58.2 Å². The van der Waals surface area contributed by atoms with Crippen molar-refractivity contribution in [3.8, 4) is 33.8 Å². The lowest BCUT2D eigenvalue weighted by molar-refractivity contribution is -0.183. The maximum Gasteiger partial charge on any atom is 0.416 e. The van der Waals surface area contributed by atoms with Gasteiger partial charge in [0.2, 0.25) is 11.8 Å². The fraction of sp³-hybridized carbons (Fsp3) is 0.618. The lowest BCUT2D eigenvalue weighted by Gasteiger charge is -2.62. The molecule has 12 rings (SSSR count). The van der Waals surface area contributed by atoms with Gasteiger partial charge in [0.15, 0.2) is 5.78 Å². The van der Waals surface area contributed by atoms with Crippen LogP contribution in [0.5, 0.6) is 11.5 Å². The van der Waals surface area contributed by atoms with Crippen LogP contribution in [0.1, 0.15) is 142 Å². The maximum atomic E-state index is 14.3. The molecular formula is C76H107F3N8O13. The van der Waals surface area contributed by atoms with Crippen molar-refractivity contribution in [3.63, 3.8) is 0 Å². The molecule has 2 aliphatic heterocycles. The van der Waals surface area contributed by atoms with Crippen molar-refractivity contribution in [1.29, 1.82) is 0 Å². The highest BCUT2D eigenvalue weighted by molar-refractivity contribution is 6.02. The quantitative estimate of drug-likeness (QED) is 0.0275. The van der Waals surface area contributed by atoms with Crippen LogP contribution >= 0.6 is 0 Å². The Labute approximate surface area is 587 Å². The Morgan fingerprint density at radius 2 is 1.02 bits per heavy atom. The predicted molar refractivity (Wildman–Crippen MR) is 373 cm³/mol. The largest absolute Gasteiger partial charge is 0.496 e. The van der Waals surface area contributed by atoms with Gasteiger partial charge in [0.25, 0.3) is 11.8 Å². The molecule has 0 aromatic heterocycles. The number of hydroxylamine groups is 4. The van der Waals surface area contributed by atoms with Gasteiger partial charge in [-0.25, -0.2) is 0 Å². The molecule has 100 heavy (non-hydrogen) atoms. The maximum absolute atomic E-state index is 14.3. The number of halogens is 3. The van der Waals surface area contributed by atoms with Crippen LogP contribution < -0.4 is 30.7 Å². The number of carbonyl (C=O) groups excluding carboxylic acids is 5. The minimum Gasteiger partial charge on any atom is -0.496 e. The summed E-state index contributed by atoms with van der Waals surface area (Å²) in [6.07, 6.45) is -4.08. The summed E-state index contributed by atoms with van der Waals surface area (Å²) in [4.78, 5) is 83.8. The van der Waals surface area contributed by atoms with E-state index < -0.39 is 72.5 Å². The molecule has 16 atom stereocenters. The normalized spacial score (nSPS) is 28.0. The number of ketones is 1. The Kier molecular flexibility index (Phi) is 24.8. The van der Waals surface area contributed by atoms with Gasteiger partial charge in [0.1, 0.15) is 35.8 Å². The van der Waals surface area contributed by atoms with Crippen LogP contribution in [0.4, 0.5) is 13.2 Å². The van der Waals surface area contributed by atoms with Crippen LogP contribution in [-0.2, 0) is 38.5 Å². The van der Waals surface area contributed by atoms with Gasteiger partial charge >= 0.3 is 6.18 Å². The predicted octanol–water partition coefficient (Wildman–Crippen LogP) is 8.24. The number of para-hydroxylation sites is 2. The van der Waals surface area contributed by atoms with E-state index in [0.29, 0.717) is 100 Å². The van der Waals surface area contributed by atoms with Crippen molar-refractivity contribution in [2.45, 2.75) is 162 Å². The summed E-state index contributed by atoms with van der Waals surface area (Å²) < 4.78 is 53.4. The Bertz CT molecular complexity index is 3520. The number of hydrogen-bond donors (Lipinski definition) is 8. The number of methoxy groups -OCH3 is 2. The number of carbonyl (C=O) groups is 5. The second-order valence-electron chi connectivity index (χ2n) is 30.5. The smallest absolute Gasteiger partial charge is 0.416 e. The van der Waals surface area contributed by atoms with Crippen LogP contribution in [-0.4, -0.2) is 200 Å². The van der Waals surface area contributed by atoms with Crippen molar-refractivity contribution in [3.05, 3.63) is 106 Å². The first-order chi connectivity index (χ1) is 47.2. The summed E-state index contributed by atoms with van der Waals surface area (Å²) in [6, 6.07) is 17.1. The Hall–Kier alpha value is -6.58. The fourth-order valence-electron chi connectivity index (χ4n) is 17.0. The van der Waals surface area contributed by atoms with Crippen LogP contribution in [0.2, 0.25) is 0 Å². The number of nitrogens with zero attached hydrogens (tertiary/aromatic N) is 4. The number of rotatable bonds is 26. The topological polar surface area (TPSA) is 264 Å². The van der Waals surface area contributed by atoms with E-state index in [1.54, 1.807) is 69.3 Å². The van der Waals surface area contributed by atoms with E-state index in [-0.39, 0.29) is 95.5 Å². The molecular weight excluding hydrogens is 1290 g/mol. The number of likely N-dealkylation sites (N-methyl/N-ethyl adjacent to an activating group) is 2. The van der Waals surface area contributed by atoms with Crippen molar-refractivity contribution >= 4 is 29.4 Å². The molecule has 21 nitrogen and oxygen atoms in total. The molecule has 8 aliphatic rings. The highest BCUT2D eigenvalue weighted by Gasteiger charge is 2.59. The number of alkyl halides is 3. The van der Waals surface area contributed by atoms with Gasteiger partial charge in [-0.05, 0) is 162 Å². The standard InChI is InChI=1S/C41H62N6O7.C35H45F3N2O6/c1-24-32-20-30(41(32,3)4)21-33(24)44-40(52)36-35(25(2)49)34(23-48)54-47(36)22-26-11-10-12-31(37(26)53-9)27-17-28(38(50)42-13-15-45(5)6)19-29(18-27)39(51)43-14-16-46(7)8;1-7-28(43)22-11-21(12-24(13-22)35(36,37)38)25-10-8-9-20(32(25)45-6)16-40-31(30(19(3)42)29(17-41)46-40)33(44)39-27-15-23-14-26(18(27)2)34(23,4)5/h10-12,17-19,24-25,30,32-36,48-49H,13-16,20-23H2,1-9H3,(H,42,50)(H,43,51)(H,44,52);8-13,18-19,23,26-27,29-31,41-42H,7,14-17H2,1-6H3,(H,39,44)/t24-,25-,30+,32-,33-,34-,35-,36-;18-,19-,23+,26-,27-,29-,30-,31-/m00/s1. The number of nitrogens with one attached hydrogen (secondary N) is 4. The van der Waals surface area contributed by atoms with Crippen molar-refractivity contribution < 1.29 is 76.7 Å².